The molecule has 4 nitrogen and oxygen atoms in total. The molecule has 2 aromatic heterocycles. The Hall–Kier alpha value is -1.97. The lowest BCUT2D eigenvalue weighted by atomic mass is 10.2. The molecule has 0 amide bonds. The van der Waals surface area contributed by atoms with Gasteiger partial charge in [-0.1, -0.05) is 0 Å². The van der Waals surface area contributed by atoms with E-state index >= 15 is 0 Å². The first-order valence-corrected chi connectivity index (χ1v) is 4.69. The maximum Gasteiger partial charge on any atom is 0.356 e. The summed E-state index contributed by atoms with van der Waals surface area (Å²) in [5.41, 5.74) is 1.04. The van der Waals surface area contributed by atoms with E-state index in [0.29, 0.717) is 12.3 Å². The van der Waals surface area contributed by atoms with Crippen LogP contribution < -0.4 is 0 Å². The zero-order valence-electron chi connectivity index (χ0n) is 8.30. The van der Waals surface area contributed by atoms with Crippen LogP contribution in [0.3, 0.4) is 0 Å². The normalized spacial score (nSPS) is 10.2. The molecular formula is C11H10N2O2. The van der Waals surface area contributed by atoms with Crippen molar-refractivity contribution < 1.29 is 9.53 Å². The molecule has 0 unspecified atom stereocenters. The summed E-state index contributed by atoms with van der Waals surface area (Å²) in [5, 5.41) is 0.908. The lowest BCUT2D eigenvalue weighted by Crippen LogP contribution is -2.06. The number of aromatic nitrogens is 2. The van der Waals surface area contributed by atoms with Crippen LogP contribution in [-0.4, -0.2) is 22.5 Å². The van der Waals surface area contributed by atoms with Gasteiger partial charge in [0.05, 0.1) is 12.1 Å². The number of esters is 1. The third-order valence-corrected chi connectivity index (χ3v) is 1.97. The minimum absolute atomic E-state index is 0.294. The van der Waals surface area contributed by atoms with E-state index in [-0.39, 0.29) is 0 Å². The SMILES string of the molecule is CCOC(=O)c1cc2ncccc2cn1. The summed E-state index contributed by atoms with van der Waals surface area (Å²) in [7, 11) is 0. The third kappa shape index (κ3) is 1.93. The first-order chi connectivity index (χ1) is 7.31. The molecule has 15 heavy (non-hydrogen) atoms. The lowest BCUT2D eigenvalue weighted by molar-refractivity contribution is 0.0519. The zero-order valence-corrected chi connectivity index (χ0v) is 8.30. The molecule has 0 spiro atoms. The van der Waals surface area contributed by atoms with Gasteiger partial charge >= 0.3 is 5.97 Å². The predicted molar refractivity (Wildman–Crippen MR) is 55.5 cm³/mol. The molecule has 0 aliphatic rings. The highest BCUT2D eigenvalue weighted by Gasteiger charge is 2.08. The predicted octanol–water partition coefficient (Wildman–Crippen LogP) is 1.81. The standard InChI is InChI=1S/C11H10N2O2/c1-2-15-11(14)10-6-9-8(7-13-10)4-3-5-12-9/h3-7H,2H2,1H3. The van der Waals surface area contributed by atoms with Crippen LogP contribution in [0.5, 0.6) is 0 Å². The van der Waals surface area contributed by atoms with E-state index in [0.717, 1.165) is 10.9 Å². The van der Waals surface area contributed by atoms with Crippen LogP contribution in [0.2, 0.25) is 0 Å². The molecule has 0 aliphatic heterocycles. The molecule has 0 N–H and O–H groups in total. The van der Waals surface area contributed by atoms with E-state index in [4.69, 9.17) is 4.74 Å². The van der Waals surface area contributed by atoms with Crippen molar-refractivity contribution in [3.63, 3.8) is 0 Å². The molecule has 0 saturated heterocycles. The molecule has 2 rings (SSSR count). The number of hydrogen-bond donors (Lipinski definition) is 0. The number of nitrogens with zero attached hydrogens (tertiary/aromatic N) is 2. The molecule has 0 fully saturated rings. The second-order valence-electron chi connectivity index (χ2n) is 2.99. The van der Waals surface area contributed by atoms with E-state index in [2.05, 4.69) is 9.97 Å². The molecule has 0 radical (unpaired) electrons. The fourth-order valence-corrected chi connectivity index (χ4v) is 1.28. The van der Waals surface area contributed by atoms with E-state index in [9.17, 15) is 4.79 Å². The van der Waals surface area contributed by atoms with Crippen LogP contribution >= 0.6 is 0 Å². The quantitative estimate of drug-likeness (QED) is 0.697. The van der Waals surface area contributed by atoms with Crippen LogP contribution in [0.4, 0.5) is 0 Å². The highest BCUT2D eigenvalue weighted by molar-refractivity contribution is 5.91. The summed E-state index contributed by atoms with van der Waals surface area (Å²) in [5.74, 6) is -0.412. The van der Waals surface area contributed by atoms with E-state index in [1.807, 2.05) is 12.1 Å². The summed E-state index contributed by atoms with van der Waals surface area (Å²) in [6.45, 7) is 2.11. The lowest BCUT2D eigenvalue weighted by Gasteiger charge is -2.01. The Labute approximate surface area is 86.9 Å². The van der Waals surface area contributed by atoms with Crippen LogP contribution in [-0.2, 0) is 4.74 Å². The molecule has 0 bridgehead atoms. The van der Waals surface area contributed by atoms with Gasteiger partial charge in [-0.25, -0.2) is 9.78 Å². The van der Waals surface area contributed by atoms with Gasteiger partial charge in [0.25, 0.3) is 0 Å². The molecule has 0 aliphatic carbocycles. The second-order valence-corrected chi connectivity index (χ2v) is 2.99. The average Bonchev–Trinajstić information content (AvgIpc) is 2.29. The van der Waals surface area contributed by atoms with E-state index in [1.165, 1.54) is 0 Å². The summed E-state index contributed by atoms with van der Waals surface area (Å²) in [4.78, 5) is 19.5. The van der Waals surface area contributed by atoms with E-state index in [1.54, 1.807) is 25.4 Å². The fraction of sp³-hybridized carbons (Fsp3) is 0.182. The summed E-state index contributed by atoms with van der Waals surface area (Å²) in [6, 6.07) is 5.35. The van der Waals surface area contributed by atoms with Crippen molar-refractivity contribution in [1.82, 2.24) is 9.97 Å². The van der Waals surface area contributed by atoms with Gasteiger partial charge in [-0.3, -0.25) is 4.98 Å². The number of ether oxygens (including phenoxy) is 1. The topological polar surface area (TPSA) is 52.1 Å². The molecule has 76 valence electrons. The Kier molecular flexibility index (Phi) is 2.58. The minimum atomic E-state index is -0.412. The first-order valence-electron chi connectivity index (χ1n) is 4.69. The van der Waals surface area contributed by atoms with Gasteiger partial charge in [-0.15, -0.1) is 0 Å². The molecule has 0 saturated carbocycles. The number of carbonyl (C=O) groups excluding carboxylic acids is 1. The van der Waals surface area contributed by atoms with Crippen molar-refractivity contribution in [3.05, 3.63) is 36.3 Å². The number of carbonyl (C=O) groups is 1. The number of rotatable bonds is 2. The van der Waals surface area contributed by atoms with Crippen LogP contribution in [0.25, 0.3) is 10.9 Å². The molecule has 0 aromatic carbocycles. The Morgan fingerprint density at radius 2 is 2.33 bits per heavy atom. The van der Waals surface area contributed by atoms with Crippen molar-refractivity contribution in [3.8, 4) is 0 Å². The van der Waals surface area contributed by atoms with Crippen molar-refractivity contribution >= 4 is 16.9 Å². The van der Waals surface area contributed by atoms with Gasteiger partial charge in [-0.2, -0.15) is 0 Å². The maximum absolute atomic E-state index is 11.4. The van der Waals surface area contributed by atoms with Gasteiger partial charge in [0.15, 0.2) is 5.69 Å². The highest BCUT2D eigenvalue weighted by Crippen LogP contribution is 2.10. The molecule has 2 heterocycles. The van der Waals surface area contributed by atoms with Gasteiger partial charge in [0, 0.05) is 17.8 Å². The Balaban J connectivity index is 2.42. The average molecular weight is 202 g/mol. The fourth-order valence-electron chi connectivity index (χ4n) is 1.28. The van der Waals surface area contributed by atoms with Crippen molar-refractivity contribution in [2.24, 2.45) is 0 Å². The Morgan fingerprint density at radius 1 is 1.47 bits per heavy atom. The largest absolute Gasteiger partial charge is 0.461 e. The van der Waals surface area contributed by atoms with Gasteiger partial charge in [-0.05, 0) is 25.1 Å². The second kappa shape index (κ2) is 4.04. The molecule has 4 heteroatoms. The maximum atomic E-state index is 11.4. The first kappa shape index (κ1) is 9.58. The van der Waals surface area contributed by atoms with Crippen LogP contribution in [0, 0.1) is 0 Å². The number of hydrogen-bond acceptors (Lipinski definition) is 4. The van der Waals surface area contributed by atoms with Crippen molar-refractivity contribution in [2.75, 3.05) is 6.61 Å². The molecule has 0 atom stereocenters. The Morgan fingerprint density at radius 3 is 3.13 bits per heavy atom. The zero-order chi connectivity index (χ0) is 10.7. The smallest absolute Gasteiger partial charge is 0.356 e. The summed E-state index contributed by atoms with van der Waals surface area (Å²) >= 11 is 0. The van der Waals surface area contributed by atoms with Gasteiger partial charge in [0.2, 0.25) is 0 Å². The highest BCUT2D eigenvalue weighted by atomic mass is 16.5. The van der Waals surface area contributed by atoms with Gasteiger partial charge in [0.1, 0.15) is 0 Å². The third-order valence-electron chi connectivity index (χ3n) is 1.97. The van der Waals surface area contributed by atoms with Crippen LogP contribution in [0.15, 0.2) is 30.6 Å². The number of fused-ring (bicyclic) bond motifs is 1. The molecular weight excluding hydrogens is 192 g/mol. The molecule has 2 aromatic rings. The minimum Gasteiger partial charge on any atom is -0.461 e. The monoisotopic (exact) mass is 202 g/mol. The van der Waals surface area contributed by atoms with Crippen LogP contribution in [0.1, 0.15) is 17.4 Å². The summed E-state index contributed by atoms with van der Waals surface area (Å²) < 4.78 is 4.85. The van der Waals surface area contributed by atoms with Crippen molar-refractivity contribution in [2.45, 2.75) is 6.92 Å². The van der Waals surface area contributed by atoms with E-state index < -0.39 is 5.97 Å². The Bertz CT molecular complexity index is 497. The van der Waals surface area contributed by atoms with Gasteiger partial charge < -0.3 is 4.74 Å². The summed E-state index contributed by atoms with van der Waals surface area (Å²) in [6.07, 6.45) is 3.30. The number of pyridine rings is 2. The van der Waals surface area contributed by atoms with Crippen molar-refractivity contribution in [1.29, 1.82) is 0 Å².